The topological polar surface area (TPSA) is 50.8 Å². The van der Waals surface area contributed by atoms with E-state index in [0.29, 0.717) is 18.7 Å². The van der Waals surface area contributed by atoms with Gasteiger partial charge in [-0.05, 0) is 50.8 Å². The van der Waals surface area contributed by atoms with Crippen molar-refractivity contribution >= 4 is 18.3 Å². The first kappa shape index (κ1) is 22.8. The fraction of sp³-hybridized carbons (Fsp3) is 0.381. The van der Waals surface area contributed by atoms with E-state index in [0.717, 1.165) is 23.5 Å². The summed E-state index contributed by atoms with van der Waals surface area (Å²) in [4.78, 5) is 14.6. The summed E-state index contributed by atoms with van der Waals surface area (Å²) in [6, 6.07) is 15.1. The molecule has 0 radical (unpaired) electrons. The molecule has 5 nitrogen and oxygen atoms in total. The standard InChI is InChI=1S/C21H28N2O3.ClH/c1-5-14-26-17-12-10-16(11-13-17)21(24)22-15-19(23(2)3)18-8-6-7-9-20(18)25-4;/h6-13,19H,5,14-15H2,1-4H3,(H,22,24);1H. The maximum absolute atomic E-state index is 12.5. The number of para-hydroxylation sites is 1. The summed E-state index contributed by atoms with van der Waals surface area (Å²) >= 11 is 0. The third-order valence-electron chi connectivity index (χ3n) is 4.17. The summed E-state index contributed by atoms with van der Waals surface area (Å²) in [5, 5.41) is 3.02. The molecular formula is C21H29ClN2O3. The van der Waals surface area contributed by atoms with Gasteiger partial charge in [-0.2, -0.15) is 0 Å². The average molecular weight is 393 g/mol. The van der Waals surface area contributed by atoms with Gasteiger partial charge in [-0.15, -0.1) is 12.4 Å². The lowest BCUT2D eigenvalue weighted by atomic mass is 10.0. The second-order valence-corrected chi connectivity index (χ2v) is 6.30. The van der Waals surface area contributed by atoms with Crippen LogP contribution in [0.2, 0.25) is 0 Å². The van der Waals surface area contributed by atoms with Gasteiger partial charge in [0.1, 0.15) is 11.5 Å². The lowest BCUT2D eigenvalue weighted by Gasteiger charge is -2.26. The Labute approximate surface area is 168 Å². The van der Waals surface area contributed by atoms with E-state index in [1.165, 1.54) is 0 Å². The van der Waals surface area contributed by atoms with Crippen LogP contribution in [0.1, 0.15) is 35.3 Å². The average Bonchev–Trinajstić information content (AvgIpc) is 2.66. The number of likely N-dealkylation sites (N-methyl/N-ethyl adjacent to an activating group) is 1. The van der Waals surface area contributed by atoms with Crippen molar-refractivity contribution in [2.75, 3.05) is 34.4 Å². The first-order valence-electron chi connectivity index (χ1n) is 8.87. The molecule has 0 aliphatic rings. The summed E-state index contributed by atoms with van der Waals surface area (Å²) in [5.41, 5.74) is 1.66. The van der Waals surface area contributed by atoms with Gasteiger partial charge in [0, 0.05) is 17.7 Å². The van der Waals surface area contributed by atoms with Crippen molar-refractivity contribution in [3.8, 4) is 11.5 Å². The van der Waals surface area contributed by atoms with E-state index in [1.807, 2.05) is 50.5 Å². The fourth-order valence-corrected chi connectivity index (χ4v) is 2.73. The van der Waals surface area contributed by atoms with Crippen LogP contribution in [-0.4, -0.2) is 45.2 Å². The fourth-order valence-electron chi connectivity index (χ4n) is 2.73. The van der Waals surface area contributed by atoms with E-state index in [-0.39, 0.29) is 24.4 Å². The van der Waals surface area contributed by atoms with Gasteiger partial charge in [-0.1, -0.05) is 25.1 Å². The van der Waals surface area contributed by atoms with Gasteiger partial charge in [0.15, 0.2) is 0 Å². The number of rotatable bonds is 9. The van der Waals surface area contributed by atoms with Crippen LogP contribution in [0.25, 0.3) is 0 Å². The Morgan fingerprint density at radius 3 is 2.37 bits per heavy atom. The molecule has 2 aromatic carbocycles. The van der Waals surface area contributed by atoms with Crippen LogP contribution in [0.4, 0.5) is 0 Å². The van der Waals surface area contributed by atoms with E-state index >= 15 is 0 Å². The summed E-state index contributed by atoms with van der Waals surface area (Å²) in [5.74, 6) is 1.50. The Bertz CT molecular complexity index is 705. The Hall–Kier alpha value is -2.24. The zero-order chi connectivity index (χ0) is 18.9. The summed E-state index contributed by atoms with van der Waals surface area (Å²) in [6.07, 6.45) is 0.955. The minimum atomic E-state index is -0.103. The number of halogens is 1. The van der Waals surface area contributed by atoms with Gasteiger partial charge >= 0.3 is 0 Å². The number of methoxy groups -OCH3 is 1. The lowest BCUT2D eigenvalue weighted by Crippen LogP contribution is -2.34. The molecule has 0 fully saturated rings. The molecule has 1 atom stereocenters. The summed E-state index contributed by atoms with van der Waals surface area (Å²) in [6.45, 7) is 3.22. The van der Waals surface area contributed by atoms with E-state index in [9.17, 15) is 4.79 Å². The molecule has 6 heteroatoms. The number of hydrogen-bond donors (Lipinski definition) is 1. The monoisotopic (exact) mass is 392 g/mol. The van der Waals surface area contributed by atoms with Crippen molar-refractivity contribution in [1.29, 1.82) is 0 Å². The highest BCUT2D eigenvalue weighted by molar-refractivity contribution is 5.94. The smallest absolute Gasteiger partial charge is 0.251 e. The molecule has 0 saturated heterocycles. The summed E-state index contributed by atoms with van der Waals surface area (Å²) in [7, 11) is 5.64. The number of benzene rings is 2. The van der Waals surface area contributed by atoms with Gasteiger partial charge in [0.05, 0.1) is 19.8 Å². The summed E-state index contributed by atoms with van der Waals surface area (Å²) < 4.78 is 11.0. The van der Waals surface area contributed by atoms with Gasteiger partial charge in [-0.3, -0.25) is 4.79 Å². The lowest BCUT2D eigenvalue weighted by molar-refractivity contribution is 0.0941. The maximum atomic E-state index is 12.5. The molecule has 0 heterocycles. The molecule has 1 unspecified atom stereocenters. The quantitative estimate of drug-likeness (QED) is 0.702. The molecule has 0 aliphatic carbocycles. The van der Waals surface area contributed by atoms with Crippen molar-refractivity contribution in [2.24, 2.45) is 0 Å². The van der Waals surface area contributed by atoms with E-state index < -0.39 is 0 Å². The molecule has 148 valence electrons. The maximum Gasteiger partial charge on any atom is 0.251 e. The predicted octanol–water partition coefficient (Wildman–Crippen LogP) is 3.94. The van der Waals surface area contributed by atoms with Crippen LogP contribution >= 0.6 is 12.4 Å². The van der Waals surface area contributed by atoms with Crippen molar-refractivity contribution in [2.45, 2.75) is 19.4 Å². The third kappa shape index (κ3) is 6.45. The zero-order valence-electron chi connectivity index (χ0n) is 16.4. The van der Waals surface area contributed by atoms with Crippen LogP contribution in [0, 0.1) is 0 Å². The molecule has 2 aromatic rings. The molecule has 0 saturated carbocycles. The second-order valence-electron chi connectivity index (χ2n) is 6.30. The van der Waals surface area contributed by atoms with Gasteiger partial charge < -0.3 is 19.7 Å². The Balaban J connectivity index is 0.00000364. The largest absolute Gasteiger partial charge is 0.496 e. The number of carbonyl (C=O) groups excluding carboxylic acids is 1. The molecule has 27 heavy (non-hydrogen) atoms. The minimum Gasteiger partial charge on any atom is -0.496 e. The predicted molar refractivity (Wildman–Crippen MR) is 111 cm³/mol. The van der Waals surface area contributed by atoms with Crippen LogP contribution in [0.15, 0.2) is 48.5 Å². The van der Waals surface area contributed by atoms with E-state index in [4.69, 9.17) is 9.47 Å². The van der Waals surface area contributed by atoms with Crippen molar-refractivity contribution < 1.29 is 14.3 Å². The molecule has 0 spiro atoms. The first-order chi connectivity index (χ1) is 12.6. The van der Waals surface area contributed by atoms with Gasteiger partial charge in [-0.25, -0.2) is 0 Å². The van der Waals surface area contributed by atoms with Crippen molar-refractivity contribution in [1.82, 2.24) is 10.2 Å². The highest BCUT2D eigenvalue weighted by Crippen LogP contribution is 2.27. The molecule has 0 aliphatic heterocycles. The Morgan fingerprint density at radius 1 is 1.11 bits per heavy atom. The molecule has 0 aromatic heterocycles. The van der Waals surface area contributed by atoms with Gasteiger partial charge in [0.25, 0.3) is 5.91 Å². The SMILES string of the molecule is CCCOc1ccc(C(=O)NCC(c2ccccc2OC)N(C)C)cc1.Cl. The highest BCUT2D eigenvalue weighted by atomic mass is 35.5. The zero-order valence-corrected chi connectivity index (χ0v) is 17.2. The number of nitrogens with one attached hydrogen (secondary N) is 1. The molecular weight excluding hydrogens is 364 g/mol. The van der Waals surface area contributed by atoms with Crippen molar-refractivity contribution in [3.05, 3.63) is 59.7 Å². The van der Waals surface area contributed by atoms with Crippen LogP contribution < -0.4 is 14.8 Å². The minimum absolute atomic E-state index is 0. The molecule has 1 N–H and O–H groups in total. The normalized spacial score (nSPS) is 11.4. The van der Waals surface area contributed by atoms with Crippen LogP contribution in [0.3, 0.4) is 0 Å². The number of ether oxygens (including phenoxy) is 2. The van der Waals surface area contributed by atoms with E-state index in [1.54, 1.807) is 19.2 Å². The Kier molecular flexibility index (Phi) is 9.68. The molecule has 2 rings (SSSR count). The number of hydrogen-bond acceptors (Lipinski definition) is 4. The van der Waals surface area contributed by atoms with E-state index in [2.05, 4.69) is 17.1 Å². The third-order valence-corrected chi connectivity index (χ3v) is 4.17. The van der Waals surface area contributed by atoms with Gasteiger partial charge in [0.2, 0.25) is 0 Å². The first-order valence-corrected chi connectivity index (χ1v) is 8.87. The number of amides is 1. The Morgan fingerprint density at radius 2 is 1.78 bits per heavy atom. The molecule has 0 bridgehead atoms. The van der Waals surface area contributed by atoms with Crippen molar-refractivity contribution in [3.63, 3.8) is 0 Å². The number of nitrogens with zero attached hydrogens (tertiary/aromatic N) is 1. The second kappa shape index (κ2) is 11.5. The van der Waals surface area contributed by atoms with Crippen LogP contribution in [0.5, 0.6) is 11.5 Å². The molecule has 1 amide bonds. The number of carbonyl (C=O) groups is 1. The van der Waals surface area contributed by atoms with Crippen LogP contribution in [-0.2, 0) is 0 Å². The highest BCUT2D eigenvalue weighted by Gasteiger charge is 2.19.